The fraction of sp³-hybridized carbons (Fsp3) is 0.143. The Kier molecular flexibility index (Phi) is 4.15. The summed E-state index contributed by atoms with van der Waals surface area (Å²) in [6.07, 6.45) is 0. The number of ether oxygens (including phenoxy) is 1. The van der Waals surface area contributed by atoms with Crippen LogP contribution in [-0.2, 0) is 6.61 Å². The van der Waals surface area contributed by atoms with Crippen molar-refractivity contribution in [3.63, 3.8) is 0 Å². The minimum Gasteiger partial charge on any atom is -0.488 e. The molecule has 0 spiro atoms. The second-order valence-corrected chi connectivity index (χ2v) is 5.33. The molecule has 0 aliphatic heterocycles. The average Bonchev–Trinajstić information content (AvgIpc) is 2.32. The molecule has 2 nitrogen and oxygen atoms in total. The van der Waals surface area contributed by atoms with Gasteiger partial charge >= 0.3 is 0 Å². The second-order valence-electron chi connectivity index (χ2n) is 4.07. The maximum atomic E-state index is 6.15. The molecule has 2 rings (SSSR count). The number of hydrogen-bond acceptors (Lipinski definition) is 2. The standard InChI is InChI=1S/C14H13BrClNO/c1-9-2-3-10(13(16)6-9)8-18-14-7-11(17)4-5-12(14)15/h2-7H,8,17H2,1H3. The zero-order valence-electron chi connectivity index (χ0n) is 9.91. The van der Waals surface area contributed by atoms with Crippen LogP contribution in [0.2, 0.25) is 5.02 Å². The molecule has 2 N–H and O–H groups in total. The molecule has 0 atom stereocenters. The van der Waals surface area contributed by atoms with Crippen LogP contribution in [0.1, 0.15) is 11.1 Å². The van der Waals surface area contributed by atoms with E-state index in [0.29, 0.717) is 18.0 Å². The van der Waals surface area contributed by atoms with Crippen molar-refractivity contribution >= 4 is 33.2 Å². The lowest BCUT2D eigenvalue weighted by Gasteiger charge is -2.10. The number of aryl methyl sites for hydroxylation is 1. The molecule has 0 radical (unpaired) electrons. The van der Waals surface area contributed by atoms with Gasteiger partial charge in [0.1, 0.15) is 12.4 Å². The summed E-state index contributed by atoms with van der Waals surface area (Å²) in [5, 5.41) is 0.718. The first kappa shape index (κ1) is 13.2. The van der Waals surface area contributed by atoms with Gasteiger partial charge in [0.25, 0.3) is 0 Å². The highest BCUT2D eigenvalue weighted by Crippen LogP contribution is 2.28. The smallest absolute Gasteiger partial charge is 0.136 e. The summed E-state index contributed by atoms with van der Waals surface area (Å²) >= 11 is 9.57. The third-order valence-electron chi connectivity index (χ3n) is 2.55. The zero-order chi connectivity index (χ0) is 13.1. The van der Waals surface area contributed by atoms with Crippen LogP contribution in [0.5, 0.6) is 5.75 Å². The van der Waals surface area contributed by atoms with Crippen LogP contribution in [-0.4, -0.2) is 0 Å². The van der Waals surface area contributed by atoms with E-state index in [9.17, 15) is 0 Å². The maximum absolute atomic E-state index is 6.15. The molecule has 94 valence electrons. The Bertz CT molecular complexity index is 572. The molecule has 2 aromatic rings. The van der Waals surface area contributed by atoms with Gasteiger partial charge in [-0.1, -0.05) is 23.7 Å². The Labute approximate surface area is 120 Å². The van der Waals surface area contributed by atoms with E-state index in [0.717, 1.165) is 20.6 Å². The van der Waals surface area contributed by atoms with Gasteiger partial charge in [0.15, 0.2) is 0 Å². The second kappa shape index (κ2) is 5.63. The number of halogens is 2. The first-order valence-electron chi connectivity index (χ1n) is 5.49. The van der Waals surface area contributed by atoms with Gasteiger partial charge in [0.2, 0.25) is 0 Å². The SMILES string of the molecule is Cc1ccc(COc2cc(N)ccc2Br)c(Cl)c1. The number of nitrogens with two attached hydrogens (primary N) is 1. The van der Waals surface area contributed by atoms with Crippen molar-refractivity contribution in [2.75, 3.05) is 5.73 Å². The van der Waals surface area contributed by atoms with Gasteiger partial charge in [0.05, 0.1) is 4.47 Å². The largest absolute Gasteiger partial charge is 0.488 e. The first-order valence-corrected chi connectivity index (χ1v) is 6.66. The van der Waals surface area contributed by atoms with Crippen molar-refractivity contribution in [3.05, 3.63) is 57.0 Å². The predicted molar refractivity (Wildman–Crippen MR) is 79.1 cm³/mol. The summed E-state index contributed by atoms with van der Waals surface area (Å²) < 4.78 is 6.59. The van der Waals surface area contributed by atoms with Gasteiger partial charge in [-0.05, 0) is 46.6 Å². The van der Waals surface area contributed by atoms with E-state index >= 15 is 0 Å². The Balaban J connectivity index is 2.13. The van der Waals surface area contributed by atoms with Gasteiger partial charge in [-0.2, -0.15) is 0 Å². The Morgan fingerprint density at radius 1 is 1.22 bits per heavy atom. The monoisotopic (exact) mass is 325 g/mol. The molecular formula is C14H13BrClNO. The highest BCUT2D eigenvalue weighted by Gasteiger charge is 2.05. The van der Waals surface area contributed by atoms with E-state index in [2.05, 4.69) is 15.9 Å². The van der Waals surface area contributed by atoms with Gasteiger partial charge in [0, 0.05) is 22.3 Å². The van der Waals surface area contributed by atoms with Gasteiger partial charge in [-0.25, -0.2) is 0 Å². The number of hydrogen-bond donors (Lipinski definition) is 1. The van der Waals surface area contributed by atoms with Gasteiger partial charge in [-0.3, -0.25) is 0 Å². The highest BCUT2D eigenvalue weighted by atomic mass is 79.9. The molecule has 2 aromatic carbocycles. The molecule has 0 heterocycles. The lowest BCUT2D eigenvalue weighted by molar-refractivity contribution is 0.304. The van der Waals surface area contributed by atoms with Crippen LogP contribution in [0.25, 0.3) is 0 Å². The number of anilines is 1. The molecule has 0 saturated heterocycles. The van der Waals surface area contributed by atoms with Crippen LogP contribution in [0.15, 0.2) is 40.9 Å². The fourth-order valence-corrected chi connectivity index (χ4v) is 2.21. The van der Waals surface area contributed by atoms with E-state index in [1.807, 2.05) is 37.3 Å². The lowest BCUT2D eigenvalue weighted by atomic mass is 10.1. The van der Waals surface area contributed by atoms with Crippen LogP contribution in [0.3, 0.4) is 0 Å². The molecule has 0 aromatic heterocycles. The molecule has 0 amide bonds. The normalized spacial score (nSPS) is 10.4. The molecule has 0 unspecified atom stereocenters. The van der Waals surface area contributed by atoms with E-state index in [-0.39, 0.29) is 0 Å². The van der Waals surface area contributed by atoms with Crippen LogP contribution in [0, 0.1) is 6.92 Å². The quantitative estimate of drug-likeness (QED) is 0.838. The minimum absolute atomic E-state index is 0.418. The summed E-state index contributed by atoms with van der Waals surface area (Å²) in [5.74, 6) is 0.714. The Morgan fingerprint density at radius 2 is 2.00 bits per heavy atom. The van der Waals surface area contributed by atoms with Crippen molar-refractivity contribution in [2.24, 2.45) is 0 Å². The van der Waals surface area contributed by atoms with Gasteiger partial charge < -0.3 is 10.5 Å². The summed E-state index contributed by atoms with van der Waals surface area (Å²) in [6.45, 7) is 2.42. The summed E-state index contributed by atoms with van der Waals surface area (Å²) in [4.78, 5) is 0. The van der Waals surface area contributed by atoms with Crippen LogP contribution < -0.4 is 10.5 Å². The molecular weight excluding hydrogens is 314 g/mol. The minimum atomic E-state index is 0.418. The average molecular weight is 327 g/mol. The zero-order valence-corrected chi connectivity index (χ0v) is 12.3. The van der Waals surface area contributed by atoms with Crippen LogP contribution in [0.4, 0.5) is 5.69 Å². The lowest BCUT2D eigenvalue weighted by Crippen LogP contribution is -1.98. The highest BCUT2D eigenvalue weighted by molar-refractivity contribution is 9.10. The molecule has 0 aliphatic carbocycles. The van der Waals surface area contributed by atoms with E-state index in [1.165, 1.54) is 0 Å². The molecule has 4 heteroatoms. The topological polar surface area (TPSA) is 35.2 Å². The Morgan fingerprint density at radius 3 is 2.72 bits per heavy atom. The van der Waals surface area contributed by atoms with Crippen molar-refractivity contribution in [3.8, 4) is 5.75 Å². The van der Waals surface area contributed by atoms with Crippen molar-refractivity contribution < 1.29 is 4.74 Å². The van der Waals surface area contributed by atoms with E-state index in [1.54, 1.807) is 6.07 Å². The maximum Gasteiger partial charge on any atom is 0.136 e. The van der Waals surface area contributed by atoms with Crippen molar-refractivity contribution in [1.29, 1.82) is 0 Å². The third kappa shape index (κ3) is 3.18. The molecule has 0 bridgehead atoms. The molecule has 18 heavy (non-hydrogen) atoms. The molecule has 0 aliphatic rings. The van der Waals surface area contributed by atoms with Gasteiger partial charge in [-0.15, -0.1) is 0 Å². The van der Waals surface area contributed by atoms with E-state index in [4.69, 9.17) is 22.1 Å². The molecule has 0 fully saturated rings. The third-order valence-corrected chi connectivity index (χ3v) is 3.55. The number of benzene rings is 2. The summed E-state index contributed by atoms with van der Waals surface area (Å²) in [6, 6.07) is 11.4. The summed E-state index contributed by atoms with van der Waals surface area (Å²) in [7, 11) is 0. The van der Waals surface area contributed by atoms with Crippen LogP contribution >= 0.6 is 27.5 Å². The Hall–Kier alpha value is -1.19. The predicted octanol–water partition coefficient (Wildman–Crippen LogP) is 4.57. The number of nitrogen functional groups attached to an aromatic ring is 1. The van der Waals surface area contributed by atoms with Crippen molar-refractivity contribution in [2.45, 2.75) is 13.5 Å². The van der Waals surface area contributed by atoms with E-state index < -0.39 is 0 Å². The van der Waals surface area contributed by atoms with Crippen molar-refractivity contribution in [1.82, 2.24) is 0 Å². The molecule has 0 saturated carbocycles. The first-order chi connectivity index (χ1) is 8.56. The summed E-state index contributed by atoms with van der Waals surface area (Å²) in [5.41, 5.74) is 8.48. The number of rotatable bonds is 3. The fourth-order valence-electron chi connectivity index (χ4n) is 1.56.